The third kappa shape index (κ3) is 8.70. The maximum Gasteiger partial charge on any atom is 0.262 e. The fraction of sp³-hybridized carbons (Fsp3) is 0.125. The van der Waals surface area contributed by atoms with Crippen LogP contribution in [-0.2, 0) is 15.3 Å². The van der Waals surface area contributed by atoms with E-state index in [4.69, 9.17) is 4.74 Å². The number of nitrogens with one attached hydrogen (secondary N) is 2. The minimum atomic E-state index is -0.372. The Kier molecular flexibility index (Phi) is 9.46. The standard InChI is InChI=1S/C24H21BrFN3O3S/c25-22-4-2-1-3-18(22)15-33-16-24(31)29-27-13-17-5-11-21(12-6-17)32-14-23(30)28-20-9-7-19(26)8-10-20/h1-13H,14-16H2,(H,28,30)(H,29,31)/b27-13+. The van der Waals surface area contributed by atoms with Gasteiger partial charge in [0, 0.05) is 15.9 Å². The predicted molar refractivity (Wildman–Crippen MR) is 133 cm³/mol. The molecule has 0 bridgehead atoms. The van der Waals surface area contributed by atoms with Gasteiger partial charge in [0.1, 0.15) is 11.6 Å². The van der Waals surface area contributed by atoms with E-state index in [1.807, 2.05) is 24.3 Å². The lowest BCUT2D eigenvalue weighted by atomic mass is 10.2. The molecule has 0 aliphatic heterocycles. The highest BCUT2D eigenvalue weighted by atomic mass is 79.9. The summed E-state index contributed by atoms with van der Waals surface area (Å²) in [7, 11) is 0. The lowest BCUT2D eigenvalue weighted by Gasteiger charge is -2.07. The summed E-state index contributed by atoms with van der Waals surface area (Å²) in [4.78, 5) is 23.8. The van der Waals surface area contributed by atoms with E-state index in [1.165, 1.54) is 42.2 Å². The molecule has 0 saturated heterocycles. The number of thioether (sulfide) groups is 1. The van der Waals surface area contributed by atoms with Crippen molar-refractivity contribution in [2.75, 3.05) is 17.7 Å². The van der Waals surface area contributed by atoms with Crippen LogP contribution >= 0.6 is 27.7 Å². The van der Waals surface area contributed by atoms with Gasteiger partial charge in [-0.3, -0.25) is 9.59 Å². The second kappa shape index (κ2) is 12.8. The van der Waals surface area contributed by atoms with E-state index in [9.17, 15) is 14.0 Å². The van der Waals surface area contributed by atoms with Crippen LogP contribution in [-0.4, -0.2) is 30.4 Å². The average molecular weight is 530 g/mol. The summed E-state index contributed by atoms with van der Waals surface area (Å²) in [5.74, 6) is 0.618. The highest BCUT2D eigenvalue weighted by Crippen LogP contribution is 2.21. The maximum atomic E-state index is 12.9. The second-order valence-electron chi connectivity index (χ2n) is 6.79. The van der Waals surface area contributed by atoms with E-state index in [1.54, 1.807) is 24.3 Å². The topological polar surface area (TPSA) is 79.8 Å². The molecule has 9 heteroatoms. The number of carbonyl (C=O) groups is 2. The van der Waals surface area contributed by atoms with Crippen LogP contribution in [0.25, 0.3) is 0 Å². The third-order valence-electron chi connectivity index (χ3n) is 4.23. The summed E-state index contributed by atoms with van der Waals surface area (Å²) in [5.41, 5.74) is 4.89. The van der Waals surface area contributed by atoms with Gasteiger partial charge >= 0.3 is 0 Å². The van der Waals surface area contributed by atoms with E-state index < -0.39 is 0 Å². The van der Waals surface area contributed by atoms with Crippen molar-refractivity contribution in [1.82, 2.24) is 5.43 Å². The highest BCUT2D eigenvalue weighted by molar-refractivity contribution is 9.10. The molecule has 0 aliphatic carbocycles. The summed E-state index contributed by atoms with van der Waals surface area (Å²) in [5, 5.41) is 6.58. The number of ether oxygens (including phenoxy) is 1. The van der Waals surface area contributed by atoms with Crippen molar-refractivity contribution in [1.29, 1.82) is 0 Å². The zero-order valence-corrected chi connectivity index (χ0v) is 19.9. The number of carbonyl (C=O) groups excluding carboxylic acids is 2. The first kappa shape index (κ1) is 24.5. The molecular weight excluding hydrogens is 509 g/mol. The fourth-order valence-electron chi connectivity index (χ4n) is 2.61. The number of amides is 2. The SMILES string of the molecule is O=C(CSCc1ccccc1Br)N/N=C/c1ccc(OCC(=O)Nc2ccc(F)cc2)cc1. The number of benzene rings is 3. The molecule has 170 valence electrons. The molecule has 0 spiro atoms. The number of hydrazone groups is 1. The smallest absolute Gasteiger partial charge is 0.262 e. The molecule has 6 nitrogen and oxygen atoms in total. The number of hydrogen-bond donors (Lipinski definition) is 2. The van der Waals surface area contributed by atoms with E-state index in [0.29, 0.717) is 17.2 Å². The molecule has 3 rings (SSSR count). The van der Waals surface area contributed by atoms with Crippen LogP contribution in [0.2, 0.25) is 0 Å². The van der Waals surface area contributed by atoms with Crippen LogP contribution in [0.3, 0.4) is 0 Å². The fourth-order valence-corrected chi connectivity index (χ4v) is 4.04. The molecule has 0 aromatic heterocycles. The van der Waals surface area contributed by atoms with Crippen molar-refractivity contribution < 1.29 is 18.7 Å². The molecule has 2 N–H and O–H groups in total. The van der Waals surface area contributed by atoms with E-state index in [2.05, 4.69) is 31.8 Å². The Labute approximate surface area is 203 Å². The Morgan fingerprint density at radius 3 is 2.45 bits per heavy atom. The molecular formula is C24H21BrFN3O3S. The van der Waals surface area contributed by atoms with Crippen molar-refractivity contribution in [2.45, 2.75) is 5.75 Å². The van der Waals surface area contributed by atoms with Crippen LogP contribution in [0.15, 0.2) is 82.4 Å². The van der Waals surface area contributed by atoms with Crippen molar-refractivity contribution >= 4 is 51.4 Å². The second-order valence-corrected chi connectivity index (χ2v) is 8.63. The summed E-state index contributed by atoms with van der Waals surface area (Å²) in [6, 6.07) is 20.3. The van der Waals surface area contributed by atoms with Crippen LogP contribution < -0.4 is 15.5 Å². The number of nitrogens with zero attached hydrogens (tertiary/aromatic N) is 1. The Morgan fingerprint density at radius 1 is 1.00 bits per heavy atom. The predicted octanol–water partition coefficient (Wildman–Crippen LogP) is 4.99. The lowest BCUT2D eigenvalue weighted by molar-refractivity contribution is -0.119. The molecule has 0 atom stereocenters. The van der Waals surface area contributed by atoms with Crippen molar-refractivity contribution in [3.05, 3.63) is 94.2 Å². The van der Waals surface area contributed by atoms with Crippen LogP contribution in [0, 0.1) is 5.82 Å². The monoisotopic (exact) mass is 529 g/mol. The van der Waals surface area contributed by atoms with Crippen LogP contribution in [0.4, 0.5) is 10.1 Å². The van der Waals surface area contributed by atoms with Gasteiger partial charge in [0.05, 0.1) is 12.0 Å². The van der Waals surface area contributed by atoms with Crippen LogP contribution in [0.1, 0.15) is 11.1 Å². The normalized spacial score (nSPS) is 10.7. The highest BCUT2D eigenvalue weighted by Gasteiger charge is 2.05. The molecule has 0 radical (unpaired) electrons. The van der Waals surface area contributed by atoms with E-state index in [-0.39, 0.29) is 24.2 Å². The molecule has 0 aliphatic rings. The lowest BCUT2D eigenvalue weighted by Crippen LogP contribution is -2.20. The largest absolute Gasteiger partial charge is 0.484 e. The van der Waals surface area contributed by atoms with Gasteiger partial charge in [0.25, 0.3) is 5.91 Å². The summed E-state index contributed by atoms with van der Waals surface area (Å²) >= 11 is 4.99. The van der Waals surface area contributed by atoms with Gasteiger partial charge in [-0.2, -0.15) is 5.10 Å². The first-order chi connectivity index (χ1) is 16.0. The molecule has 2 amide bonds. The molecule has 0 heterocycles. The molecule has 0 fully saturated rings. The molecule has 33 heavy (non-hydrogen) atoms. The third-order valence-corrected chi connectivity index (χ3v) is 5.98. The number of halogens is 2. The van der Waals surface area contributed by atoms with Gasteiger partial charge < -0.3 is 10.1 Å². The Hall–Kier alpha value is -3.17. The molecule has 3 aromatic rings. The zero-order chi connectivity index (χ0) is 23.5. The van der Waals surface area contributed by atoms with Crippen molar-refractivity contribution in [3.63, 3.8) is 0 Å². The summed E-state index contributed by atoms with van der Waals surface area (Å²) < 4.78 is 19.4. The van der Waals surface area contributed by atoms with Crippen LogP contribution in [0.5, 0.6) is 5.75 Å². The number of anilines is 1. The maximum absolute atomic E-state index is 12.9. The summed E-state index contributed by atoms with van der Waals surface area (Å²) in [6.07, 6.45) is 1.53. The molecule has 0 unspecified atom stereocenters. The van der Waals surface area contributed by atoms with Gasteiger partial charge in [-0.15, -0.1) is 11.8 Å². The Bertz CT molecular complexity index is 1110. The Morgan fingerprint density at radius 2 is 1.73 bits per heavy atom. The van der Waals surface area contributed by atoms with Gasteiger partial charge in [0.2, 0.25) is 5.91 Å². The van der Waals surface area contributed by atoms with Crippen molar-refractivity contribution in [2.24, 2.45) is 5.10 Å². The minimum absolute atomic E-state index is 0.182. The minimum Gasteiger partial charge on any atom is -0.484 e. The van der Waals surface area contributed by atoms with Gasteiger partial charge in [-0.1, -0.05) is 34.1 Å². The Balaban J connectivity index is 1.36. The van der Waals surface area contributed by atoms with Gasteiger partial charge in [-0.25, -0.2) is 9.82 Å². The first-order valence-electron chi connectivity index (χ1n) is 9.91. The molecule has 0 saturated carbocycles. The van der Waals surface area contributed by atoms with Crippen molar-refractivity contribution in [3.8, 4) is 5.75 Å². The molecule has 3 aromatic carbocycles. The quantitative estimate of drug-likeness (QED) is 0.286. The van der Waals surface area contributed by atoms with Gasteiger partial charge in [-0.05, 0) is 65.7 Å². The number of hydrogen-bond acceptors (Lipinski definition) is 5. The van der Waals surface area contributed by atoms with Gasteiger partial charge in [0.15, 0.2) is 6.61 Å². The summed E-state index contributed by atoms with van der Waals surface area (Å²) in [6.45, 7) is -0.182. The first-order valence-corrected chi connectivity index (χ1v) is 11.9. The van der Waals surface area contributed by atoms with E-state index in [0.717, 1.165) is 21.4 Å². The van der Waals surface area contributed by atoms with E-state index >= 15 is 0 Å². The zero-order valence-electron chi connectivity index (χ0n) is 17.5. The average Bonchev–Trinajstić information content (AvgIpc) is 2.81. The number of rotatable bonds is 10.